The number of benzene rings is 1. The van der Waals surface area contributed by atoms with Crippen LogP contribution >= 0.6 is 0 Å². The molecule has 0 atom stereocenters. The van der Waals surface area contributed by atoms with Crippen molar-refractivity contribution in [3.05, 3.63) is 69.1 Å². The van der Waals surface area contributed by atoms with Gasteiger partial charge in [-0.15, -0.1) is 0 Å². The number of pyridine rings is 1. The zero-order valence-electron chi connectivity index (χ0n) is 12.5. The molecule has 124 valence electrons. The number of nitrogens with one attached hydrogen (secondary N) is 1. The maximum absolute atomic E-state index is 12.5. The Hall–Kier alpha value is -3.08. The van der Waals surface area contributed by atoms with Crippen molar-refractivity contribution < 1.29 is 18.0 Å². The first-order valence-corrected chi connectivity index (χ1v) is 6.77. The van der Waals surface area contributed by atoms with Gasteiger partial charge in [0.1, 0.15) is 11.3 Å². The van der Waals surface area contributed by atoms with Gasteiger partial charge in [0.05, 0.1) is 11.6 Å². The topological polar surface area (TPSA) is 77.0 Å². The lowest BCUT2D eigenvalue weighted by Crippen LogP contribution is -2.32. The summed E-state index contributed by atoms with van der Waals surface area (Å²) in [6.07, 6.45) is -4.69. The minimum Gasteiger partial charge on any atom is -0.337 e. The van der Waals surface area contributed by atoms with E-state index >= 15 is 0 Å². The Morgan fingerprint density at radius 3 is 2.33 bits per heavy atom. The van der Waals surface area contributed by atoms with Gasteiger partial charge in [0.2, 0.25) is 0 Å². The van der Waals surface area contributed by atoms with E-state index in [0.717, 1.165) is 6.07 Å². The van der Waals surface area contributed by atoms with Gasteiger partial charge in [0, 0.05) is 13.6 Å². The van der Waals surface area contributed by atoms with Crippen LogP contribution in [-0.2, 0) is 12.7 Å². The monoisotopic (exact) mass is 335 g/mol. The smallest absolute Gasteiger partial charge is 0.337 e. The number of H-pyrrole nitrogens is 1. The first-order valence-electron chi connectivity index (χ1n) is 6.77. The maximum atomic E-state index is 12.5. The molecular formula is C16H12F3N3O2. The molecule has 0 saturated carbocycles. The molecule has 0 saturated heterocycles. The van der Waals surface area contributed by atoms with E-state index in [1.54, 1.807) is 29.2 Å². The van der Waals surface area contributed by atoms with Crippen LogP contribution in [0.4, 0.5) is 13.2 Å². The van der Waals surface area contributed by atoms with Crippen LogP contribution in [0.25, 0.3) is 0 Å². The zero-order valence-corrected chi connectivity index (χ0v) is 12.5. The summed E-state index contributed by atoms with van der Waals surface area (Å²) in [6.45, 7) is 0.144. The molecule has 2 rings (SSSR count). The second kappa shape index (κ2) is 6.58. The van der Waals surface area contributed by atoms with Crippen molar-refractivity contribution in [1.29, 1.82) is 5.26 Å². The number of rotatable bonds is 3. The molecule has 1 aromatic heterocycles. The molecule has 1 heterocycles. The van der Waals surface area contributed by atoms with Crippen molar-refractivity contribution in [2.45, 2.75) is 12.7 Å². The summed E-state index contributed by atoms with van der Waals surface area (Å²) in [5.74, 6) is -0.700. The fourth-order valence-corrected chi connectivity index (χ4v) is 2.04. The number of hydrogen-bond donors (Lipinski definition) is 1. The van der Waals surface area contributed by atoms with Gasteiger partial charge in [0.15, 0.2) is 0 Å². The van der Waals surface area contributed by atoms with E-state index < -0.39 is 23.3 Å². The normalized spacial score (nSPS) is 11.0. The lowest BCUT2D eigenvalue weighted by atomic mass is 10.1. The standard InChI is InChI=1S/C16H12F3N3O2/c1-22(9-11-4-2-10(8-20)3-5-11)15(24)12-6-7-13(16(17,18)19)21-14(12)23/h2-7H,9H2,1H3,(H,21,23). The average Bonchev–Trinajstić information content (AvgIpc) is 2.54. The van der Waals surface area contributed by atoms with Crippen LogP contribution in [0.15, 0.2) is 41.2 Å². The Balaban J connectivity index is 2.18. The number of carbonyl (C=O) groups is 1. The molecule has 1 amide bonds. The third kappa shape index (κ3) is 3.81. The molecule has 0 radical (unpaired) electrons. The third-order valence-corrected chi connectivity index (χ3v) is 3.29. The summed E-state index contributed by atoms with van der Waals surface area (Å²) in [5.41, 5.74) is -1.50. The fraction of sp³-hybridized carbons (Fsp3) is 0.188. The van der Waals surface area contributed by atoms with Crippen LogP contribution in [0.2, 0.25) is 0 Å². The molecule has 0 spiro atoms. The molecule has 0 aliphatic rings. The highest BCUT2D eigenvalue weighted by Crippen LogP contribution is 2.26. The molecule has 24 heavy (non-hydrogen) atoms. The van der Waals surface area contributed by atoms with E-state index in [2.05, 4.69) is 0 Å². The van der Waals surface area contributed by atoms with Gasteiger partial charge in [-0.3, -0.25) is 9.59 Å². The van der Waals surface area contributed by atoms with Crippen LogP contribution in [0.3, 0.4) is 0 Å². The molecule has 0 bridgehead atoms. The van der Waals surface area contributed by atoms with E-state index in [9.17, 15) is 22.8 Å². The van der Waals surface area contributed by atoms with E-state index in [0.29, 0.717) is 17.2 Å². The second-order valence-corrected chi connectivity index (χ2v) is 5.08. The summed E-state index contributed by atoms with van der Waals surface area (Å²) in [6, 6.07) is 9.95. The van der Waals surface area contributed by atoms with Gasteiger partial charge in [-0.2, -0.15) is 18.4 Å². The average molecular weight is 335 g/mol. The van der Waals surface area contributed by atoms with Crippen LogP contribution in [0, 0.1) is 11.3 Å². The molecule has 8 heteroatoms. The van der Waals surface area contributed by atoms with Gasteiger partial charge < -0.3 is 9.88 Å². The predicted molar refractivity (Wildman–Crippen MR) is 79.0 cm³/mol. The zero-order chi connectivity index (χ0) is 17.9. The van der Waals surface area contributed by atoms with Crippen molar-refractivity contribution in [3.8, 4) is 6.07 Å². The molecule has 5 nitrogen and oxygen atoms in total. The molecule has 2 aromatic rings. The summed E-state index contributed by atoms with van der Waals surface area (Å²) in [5, 5.41) is 8.72. The quantitative estimate of drug-likeness (QED) is 0.936. The molecule has 1 aromatic carbocycles. The Bertz CT molecular complexity index is 849. The maximum Gasteiger partial charge on any atom is 0.431 e. The van der Waals surface area contributed by atoms with E-state index in [1.807, 2.05) is 6.07 Å². The molecule has 1 N–H and O–H groups in total. The fourth-order valence-electron chi connectivity index (χ4n) is 2.04. The van der Waals surface area contributed by atoms with Crippen LogP contribution in [0.5, 0.6) is 0 Å². The largest absolute Gasteiger partial charge is 0.431 e. The lowest BCUT2D eigenvalue weighted by molar-refractivity contribution is -0.141. The van der Waals surface area contributed by atoms with Gasteiger partial charge >= 0.3 is 6.18 Å². The highest BCUT2D eigenvalue weighted by molar-refractivity contribution is 5.93. The number of aromatic nitrogens is 1. The summed E-state index contributed by atoms with van der Waals surface area (Å²) < 4.78 is 37.6. The molecule has 0 fully saturated rings. The molecule has 0 aliphatic carbocycles. The number of amides is 1. The highest BCUT2D eigenvalue weighted by Gasteiger charge is 2.32. The third-order valence-electron chi connectivity index (χ3n) is 3.29. The summed E-state index contributed by atoms with van der Waals surface area (Å²) >= 11 is 0. The second-order valence-electron chi connectivity index (χ2n) is 5.08. The van der Waals surface area contributed by atoms with Crippen LogP contribution in [0.1, 0.15) is 27.2 Å². The number of hydrogen-bond acceptors (Lipinski definition) is 3. The Morgan fingerprint density at radius 2 is 1.83 bits per heavy atom. The van der Waals surface area contributed by atoms with Crippen molar-refractivity contribution in [2.75, 3.05) is 7.05 Å². The number of carbonyl (C=O) groups excluding carboxylic acids is 1. The lowest BCUT2D eigenvalue weighted by Gasteiger charge is -2.17. The molecule has 0 aliphatic heterocycles. The Kier molecular flexibility index (Phi) is 4.74. The van der Waals surface area contributed by atoms with Crippen molar-refractivity contribution in [3.63, 3.8) is 0 Å². The number of halogens is 3. The van der Waals surface area contributed by atoms with E-state index in [1.165, 1.54) is 11.9 Å². The van der Waals surface area contributed by atoms with E-state index in [-0.39, 0.29) is 12.1 Å². The highest BCUT2D eigenvalue weighted by atomic mass is 19.4. The number of nitriles is 1. The predicted octanol–water partition coefficient (Wildman–Crippen LogP) is 2.54. The summed E-state index contributed by atoms with van der Waals surface area (Å²) in [4.78, 5) is 26.8. The Morgan fingerprint density at radius 1 is 1.21 bits per heavy atom. The SMILES string of the molecule is CN(Cc1ccc(C#N)cc1)C(=O)c1ccc(C(F)(F)F)[nH]c1=O. The van der Waals surface area contributed by atoms with Crippen molar-refractivity contribution in [1.82, 2.24) is 9.88 Å². The minimum absolute atomic E-state index is 0.144. The number of nitrogens with zero attached hydrogens (tertiary/aromatic N) is 2. The minimum atomic E-state index is -4.69. The summed E-state index contributed by atoms with van der Waals surface area (Å²) in [7, 11) is 1.43. The Labute approximate surface area is 135 Å². The van der Waals surface area contributed by atoms with Gasteiger partial charge in [-0.1, -0.05) is 12.1 Å². The number of alkyl halides is 3. The first kappa shape index (κ1) is 17.3. The molecule has 0 unspecified atom stereocenters. The van der Waals surface area contributed by atoms with Crippen molar-refractivity contribution >= 4 is 5.91 Å². The first-order chi connectivity index (χ1) is 11.2. The van der Waals surface area contributed by atoms with Crippen LogP contribution < -0.4 is 5.56 Å². The van der Waals surface area contributed by atoms with Crippen molar-refractivity contribution in [2.24, 2.45) is 0 Å². The molecular weight excluding hydrogens is 323 g/mol. The van der Waals surface area contributed by atoms with Gasteiger partial charge in [-0.05, 0) is 29.8 Å². The number of aromatic amines is 1. The van der Waals surface area contributed by atoms with Gasteiger partial charge in [0.25, 0.3) is 11.5 Å². The van der Waals surface area contributed by atoms with Gasteiger partial charge in [-0.25, -0.2) is 0 Å². The van der Waals surface area contributed by atoms with E-state index in [4.69, 9.17) is 5.26 Å². The van der Waals surface area contributed by atoms with Crippen LogP contribution in [-0.4, -0.2) is 22.8 Å².